The van der Waals surface area contributed by atoms with Crippen molar-refractivity contribution in [3.8, 4) is 0 Å². The average molecular weight is 297 g/mol. The number of nitrogens with zero attached hydrogens (tertiary/aromatic N) is 1. The van der Waals surface area contributed by atoms with Crippen LogP contribution in [0.2, 0.25) is 0 Å². The number of aliphatic hydroxyl groups is 1. The van der Waals surface area contributed by atoms with Crippen LogP contribution in [0, 0.1) is 5.92 Å². The second-order valence-corrected chi connectivity index (χ2v) is 6.96. The fourth-order valence-electron chi connectivity index (χ4n) is 3.43. The van der Waals surface area contributed by atoms with E-state index in [-0.39, 0.29) is 18.2 Å². The number of carbonyl (C=O) groups excluding carboxylic acids is 1. The summed E-state index contributed by atoms with van der Waals surface area (Å²) < 4.78 is 0. The molecule has 1 saturated heterocycles. The van der Waals surface area contributed by atoms with Crippen LogP contribution < -0.4 is 10.6 Å². The van der Waals surface area contributed by atoms with Gasteiger partial charge in [0.15, 0.2) is 0 Å². The highest BCUT2D eigenvalue weighted by Gasteiger charge is 2.23. The van der Waals surface area contributed by atoms with Crippen LogP contribution in [0.3, 0.4) is 0 Å². The third-order valence-corrected chi connectivity index (χ3v) is 4.86. The first-order valence-electron chi connectivity index (χ1n) is 8.51. The molecular formula is C16H31N3O2. The van der Waals surface area contributed by atoms with Gasteiger partial charge >= 0.3 is 6.03 Å². The summed E-state index contributed by atoms with van der Waals surface area (Å²) in [5, 5.41) is 15.5. The van der Waals surface area contributed by atoms with Crippen molar-refractivity contribution in [1.29, 1.82) is 0 Å². The number of nitrogens with one attached hydrogen (secondary N) is 2. The minimum absolute atomic E-state index is 0.0435. The molecule has 0 bridgehead atoms. The van der Waals surface area contributed by atoms with Crippen LogP contribution in [0.25, 0.3) is 0 Å². The van der Waals surface area contributed by atoms with Gasteiger partial charge in [-0.25, -0.2) is 4.79 Å². The molecule has 5 nitrogen and oxygen atoms in total. The highest BCUT2D eigenvalue weighted by Crippen LogP contribution is 2.19. The van der Waals surface area contributed by atoms with E-state index in [0.29, 0.717) is 12.0 Å². The van der Waals surface area contributed by atoms with Gasteiger partial charge in [0.05, 0.1) is 6.10 Å². The normalized spacial score (nSPS) is 31.1. The largest absolute Gasteiger partial charge is 0.393 e. The number of aliphatic hydroxyl groups excluding tert-OH is 1. The Labute approximate surface area is 128 Å². The maximum absolute atomic E-state index is 12.0. The zero-order chi connectivity index (χ0) is 15.2. The van der Waals surface area contributed by atoms with Crippen LogP contribution in [0.1, 0.15) is 52.4 Å². The van der Waals surface area contributed by atoms with Crippen LogP contribution in [0.5, 0.6) is 0 Å². The van der Waals surface area contributed by atoms with Gasteiger partial charge in [0, 0.05) is 25.2 Å². The highest BCUT2D eigenvalue weighted by atomic mass is 16.3. The quantitative estimate of drug-likeness (QED) is 0.740. The van der Waals surface area contributed by atoms with Gasteiger partial charge in [-0.05, 0) is 64.8 Å². The van der Waals surface area contributed by atoms with E-state index in [1.165, 1.54) is 19.4 Å². The van der Waals surface area contributed by atoms with E-state index in [4.69, 9.17) is 0 Å². The molecule has 122 valence electrons. The number of hydrogen-bond acceptors (Lipinski definition) is 3. The minimum Gasteiger partial charge on any atom is -0.393 e. The van der Waals surface area contributed by atoms with Crippen molar-refractivity contribution in [3.63, 3.8) is 0 Å². The molecule has 1 atom stereocenters. The molecule has 0 aromatic carbocycles. The molecule has 0 radical (unpaired) electrons. The molecular weight excluding hydrogens is 266 g/mol. The van der Waals surface area contributed by atoms with Gasteiger partial charge in [-0.15, -0.1) is 0 Å². The second-order valence-electron chi connectivity index (χ2n) is 6.96. The SMILES string of the molecule is CC(C)N1CCCC(CNC(=O)NC2CCC(O)CC2)C1. The van der Waals surface area contributed by atoms with Gasteiger partial charge in [-0.2, -0.15) is 0 Å². The van der Waals surface area contributed by atoms with Crippen molar-refractivity contribution in [2.45, 2.75) is 70.6 Å². The molecule has 5 heteroatoms. The van der Waals surface area contributed by atoms with E-state index in [1.807, 2.05) is 0 Å². The van der Waals surface area contributed by atoms with Crippen molar-refractivity contribution in [1.82, 2.24) is 15.5 Å². The summed E-state index contributed by atoms with van der Waals surface area (Å²) in [7, 11) is 0. The fraction of sp³-hybridized carbons (Fsp3) is 0.938. The standard InChI is InChI=1S/C16H31N3O2/c1-12(2)19-9-3-4-13(11-19)10-17-16(21)18-14-5-7-15(20)8-6-14/h12-15,20H,3-11H2,1-2H3,(H2,17,18,21). The molecule has 3 N–H and O–H groups in total. The number of likely N-dealkylation sites (tertiary alicyclic amines) is 1. The minimum atomic E-state index is -0.171. The highest BCUT2D eigenvalue weighted by molar-refractivity contribution is 5.74. The Morgan fingerprint density at radius 1 is 1.24 bits per heavy atom. The zero-order valence-corrected chi connectivity index (χ0v) is 13.5. The van der Waals surface area contributed by atoms with E-state index in [2.05, 4.69) is 29.4 Å². The number of urea groups is 1. The first kappa shape index (κ1) is 16.6. The molecule has 2 aliphatic rings. The molecule has 1 aliphatic heterocycles. The van der Waals surface area contributed by atoms with Gasteiger partial charge in [-0.3, -0.25) is 0 Å². The summed E-state index contributed by atoms with van der Waals surface area (Å²) in [6.45, 7) is 7.52. The van der Waals surface area contributed by atoms with Crippen molar-refractivity contribution < 1.29 is 9.90 Å². The Balaban J connectivity index is 1.64. The second kappa shape index (κ2) is 7.99. The number of hydrogen-bond donors (Lipinski definition) is 3. The topological polar surface area (TPSA) is 64.6 Å². The monoisotopic (exact) mass is 297 g/mol. The molecule has 1 heterocycles. The summed E-state index contributed by atoms with van der Waals surface area (Å²) in [5.74, 6) is 0.570. The molecule has 21 heavy (non-hydrogen) atoms. The summed E-state index contributed by atoms with van der Waals surface area (Å²) >= 11 is 0. The molecule has 0 aromatic heterocycles. The lowest BCUT2D eigenvalue weighted by Crippen LogP contribution is -2.48. The predicted molar refractivity (Wildman–Crippen MR) is 84.2 cm³/mol. The molecule has 1 aliphatic carbocycles. The van der Waals surface area contributed by atoms with Gasteiger partial charge < -0.3 is 20.6 Å². The lowest BCUT2D eigenvalue weighted by atomic mass is 9.93. The van der Waals surface area contributed by atoms with E-state index < -0.39 is 0 Å². The number of amides is 2. The predicted octanol–water partition coefficient (Wildman–Crippen LogP) is 1.71. The van der Waals surface area contributed by atoms with Crippen LogP contribution in [-0.2, 0) is 0 Å². The van der Waals surface area contributed by atoms with Crippen LogP contribution in [-0.4, -0.2) is 53.9 Å². The average Bonchev–Trinajstić information content (AvgIpc) is 2.48. The third-order valence-electron chi connectivity index (χ3n) is 4.86. The Morgan fingerprint density at radius 2 is 1.95 bits per heavy atom. The van der Waals surface area contributed by atoms with Gasteiger partial charge in [-0.1, -0.05) is 0 Å². The third kappa shape index (κ3) is 5.47. The van der Waals surface area contributed by atoms with E-state index in [9.17, 15) is 9.90 Å². The van der Waals surface area contributed by atoms with Crippen molar-refractivity contribution >= 4 is 6.03 Å². The van der Waals surface area contributed by atoms with Crippen molar-refractivity contribution in [3.05, 3.63) is 0 Å². The summed E-state index contributed by atoms with van der Waals surface area (Å²) in [4.78, 5) is 14.4. The van der Waals surface area contributed by atoms with E-state index in [0.717, 1.165) is 38.8 Å². The summed E-state index contributed by atoms with van der Waals surface area (Å²) in [6.07, 6.45) is 5.65. The Kier molecular flexibility index (Phi) is 6.30. The molecule has 0 aromatic rings. The van der Waals surface area contributed by atoms with Crippen LogP contribution in [0.15, 0.2) is 0 Å². The number of piperidine rings is 1. The molecule has 0 spiro atoms. The lowest BCUT2D eigenvalue weighted by molar-refractivity contribution is 0.117. The molecule has 2 amide bonds. The lowest BCUT2D eigenvalue weighted by Gasteiger charge is -2.35. The fourth-order valence-corrected chi connectivity index (χ4v) is 3.43. The van der Waals surface area contributed by atoms with Crippen molar-refractivity contribution in [2.24, 2.45) is 5.92 Å². The van der Waals surface area contributed by atoms with Crippen LogP contribution >= 0.6 is 0 Å². The molecule has 1 saturated carbocycles. The smallest absolute Gasteiger partial charge is 0.315 e. The van der Waals surface area contributed by atoms with Crippen LogP contribution in [0.4, 0.5) is 4.79 Å². The molecule has 1 unspecified atom stereocenters. The molecule has 2 fully saturated rings. The van der Waals surface area contributed by atoms with Gasteiger partial charge in [0.1, 0.15) is 0 Å². The van der Waals surface area contributed by atoms with E-state index >= 15 is 0 Å². The number of rotatable bonds is 4. The Hall–Kier alpha value is -0.810. The van der Waals surface area contributed by atoms with Crippen molar-refractivity contribution in [2.75, 3.05) is 19.6 Å². The first-order valence-corrected chi connectivity index (χ1v) is 8.51. The molecule has 2 rings (SSSR count). The Bertz CT molecular complexity index is 327. The maximum atomic E-state index is 12.0. The number of carbonyl (C=O) groups is 1. The maximum Gasteiger partial charge on any atom is 0.315 e. The Morgan fingerprint density at radius 3 is 2.62 bits per heavy atom. The summed E-state index contributed by atoms with van der Waals surface area (Å²) in [5.41, 5.74) is 0. The van der Waals surface area contributed by atoms with Gasteiger partial charge in [0.2, 0.25) is 0 Å². The van der Waals surface area contributed by atoms with Gasteiger partial charge in [0.25, 0.3) is 0 Å². The first-order chi connectivity index (χ1) is 10.0. The van der Waals surface area contributed by atoms with E-state index in [1.54, 1.807) is 0 Å². The summed E-state index contributed by atoms with van der Waals surface area (Å²) in [6, 6.07) is 0.778. The zero-order valence-electron chi connectivity index (χ0n) is 13.5.